The molecular formula is C54H34N4. The number of hydrogen-bond acceptors (Lipinski definition) is 2. The predicted octanol–water partition coefficient (Wildman–Crippen LogP) is 14.9. The summed E-state index contributed by atoms with van der Waals surface area (Å²) in [5.41, 5.74) is 12.7. The van der Waals surface area contributed by atoms with E-state index in [0.29, 0.717) is 24.2 Å². The van der Waals surface area contributed by atoms with Crippen LogP contribution in [-0.2, 0) is 0 Å². The maximum absolute atomic E-state index is 8.25. The van der Waals surface area contributed by atoms with E-state index in [1.807, 2.05) is 97.1 Å². The third-order valence-corrected chi connectivity index (χ3v) is 12.1. The molecule has 58 heavy (non-hydrogen) atoms. The maximum Gasteiger partial charge on any atom is 0.0641 e. The molecule has 0 saturated carbocycles. The summed E-state index contributed by atoms with van der Waals surface area (Å²) < 4.78 is 37.9. The molecule has 13 rings (SSSR count). The van der Waals surface area contributed by atoms with Crippen molar-refractivity contribution in [3.05, 3.63) is 206 Å². The first-order chi connectivity index (χ1) is 30.4. The van der Waals surface area contributed by atoms with Gasteiger partial charge in [0, 0.05) is 65.8 Å². The minimum atomic E-state index is 0.454. The summed E-state index contributed by atoms with van der Waals surface area (Å²) in [5.74, 6) is 0. The normalized spacial score (nSPS) is 13.1. The maximum atomic E-state index is 8.25. The highest BCUT2D eigenvalue weighted by molar-refractivity contribution is 6.32. The quantitative estimate of drug-likeness (QED) is 0.169. The molecule has 0 aliphatic rings. The van der Waals surface area contributed by atoms with Crippen LogP contribution in [0, 0.1) is 0 Å². The van der Waals surface area contributed by atoms with Crippen molar-refractivity contribution in [3.8, 4) is 0 Å². The Balaban J connectivity index is 1.12. The van der Waals surface area contributed by atoms with Gasteiger partial charge in [-0.3, -0.25) is 0 Å². The van der Waals surface area contributed by atoms with Gasteiger partial charge in [-0.05, 0) is 84.9 Å². The lowest BCUT2D eigenvalue weighted by Crippen LogP contribution is -2.10. The molecule has 4 nitrogen and oxygen atoms in total. The second-order valence-corrected chi connectivity index (χ2v) is 15.0. The van der Waals surface area contributed by atoms with Crippen molar-refractivity contribution >= 4 is 110 Å². The third-order valence-electron chi connectivity index (χ3n) is 12.1. The molecule has 0 amide bonds. The van der Waals surface area contributed by atoms with Gasteiger partial charge < -0.3 is 18.6 Å². The zero-order valence-corrected chi connectivity index (χ0v) is 31.1. The first kappa shape index (κ1) is 27.7. The zero-order valence-electron chi connectivity index (χ0n) is 35.1. The number of aromatic nitrogens is 2. The number of para-hydroxylation sites is 6. The van der Waals surface area contributed by atoms with E-state index in [2.05, 4.69) is 104 Å². The Labute approximate surface area is 339 Å². The molecule has 0 N–H and O–H groups in total. The smallest absolute Gasteiger partial charge is 0.0641 e. The molecule has 0 saturated heterocycles. The van der Waals surface area contributed by atoms with Crippen LogP contribution in [0.5, 0.6) is 0 Å². The Bertz CT molecular complexity index is 3540. The number of rotatable bonds is 6. The number of hydrogen-bond donors (Lipinski definition) is 0. The van der Waals surface area contributed by atoms with Crippen LogP contribution in [0.4, 0.5) is 34.1 Å². The fourth-order valence-electron chi connectivity index (χ4n) is 9.81. The van der Waals surface area contributed by atoms with Crippen LogP contribution in [-0.4, -0.2) is 8.80 Å². The number of fused-ring (bicyclic) bond motifs is 12. The third kappa shape index (κ3) is 4.18. The van der Waals surface area contributed by atoms with Crippen molar-refractivity contribution in [2.45, 2.75) is 0 Å². The Morgan fingerprint density at radius 2 is 0.655 bits per heavy atom. The molecule has 0 spiro atoms. The van der Waals surface area contributed by atoms with Crippen molar-refractivity contribution in [1.82, 2.24) is 8.80 Å². The second-order valence-electron chi connectivity index (χ2n) is 15.0. The summed E-state index contributed by atoms with van der Waals surface area (Å²) in [6, 6.07) is 63.6. The van der Waals surface area contributed by atoms with Gasteiger partial charge in [-0.25, -0.2) is 0 Å². The molecule has 4 heterocycles. The lowest BCUT2D eigenvalue weighted by Gasteiger charge is -2.26. The minimum absolute atomic E-state index is 0.454. The van der Waals surface area contributed by atoms with Crippen LogP contribution in [0.25, 0.3) is 76.2 Å². The molecule has 0 bridgehead atoms. The predicted molar refractivity (Wildman–Crippen MR) is 245 cm³/mol. The van der Waals surface area contributed by atoms with E-state index in [4.69, 9.17) is 5.48 Å². The fourth-order valence-corrected chi connectivity index (χ4v) is 9.81. The Morgan fingerprint density at radius 3 is 1.02 bits per heavy atom. The molecule has 4 heteroatoms. The molecule has 0 aliphatic heterocycles. The van der Waals surface area contributed by atoms with Crippen LogP contribution < -0.4 is 9.80 Å². The Hall–Kier alpha value is -7.82. The van der Waals surface area contributed by atoms with E-state index in [9.17, 15) is 0 Å². The fraction of sp³-hybridized carbons (Fsp3) is 0. The van der Waals surface area contributed by atoms with Crippen molar-refractivity contribution in [2.24, 2.45) is 0 Å². The molecule has 13 aromatic rings. The van der Waals surface area contributed by atoms with Gasteiger partial charge in [0.05, 0.1) is 50.0 Å². The van der Waals surface area contributed by atoms with Crippen LogP contribution in [0.3, 0.4) is 0 Å². The zero-order chi connectivity index (χ0) is 41.4. The van der Waals surface area contributed by atoms with E-state index in [1.165, 1.54) is 21.5 Å². The van der Waals surface area contributed by atoms with Crippen molar-refractivity contribution in [3.63, 3.8) is 0 Å². The van der Waals surface area contributed by atoms with Gasteiger partial charge in [-0.2, -0.15) is 0 Å². The number of anilines is 6. The van der Waals surface area contributed by atoms with Crippen LogP contribution in [0.1, 0.15) is 5.48 Å². The lowest BCUT2D eigenvalue weighted by atomic mass is 10.0. The van der Waals surface area contributed by atoms with Crippen LogP contribution in [0.15, 0.2) is 206 Å². The van der Waals surface area contributed by atoms with Crippen molar-refractivity contribution in [1.29, 1.82) is 0 Å². The average Bonchev–Trinajstić information content (AvgIpc) is 4.02. The molecule has 0 atom stereocenters. The van der Waals surface area contributed by atoms with E-state index < -0.39 is 0 Å². The highest BCUT2D eigenvalue weighted by Crippen LogP contribution is 2.51. The molecule has 4 aromatic heterocycles. The number of nitrogens with zero attached hydrogens (tertiary/aromatic N) is 4. The average molecular weight is 743 g/mol. The first-order valence-corrected chi connectivity index (χ1v) is 19.6. The summed E-state index contributed by atoms with van der Waals surface area (Å²) in [6.07, 6.45) is 0. The van der Waals surface area contributed by atoms with Gasteiger partial charge in [0.15, 0.2) is 0 Å². The molecule has 0 unspecified atom stereocenters. The van der Waals surface area contributed by atoms with Crippen LogP contribution >= 0.6 is 0 Å². The highest BCUT2D eigenvalue weighted by Gasteiger charge is 2.27. The molecule has 9 aromatic carbocycles. The highest BCUT2D eigenvalue weighted by atomic mass is 15.2. The summed E-state index contributed by atoms with van der Waals surface area (Å²) in [6.45, 7) is 0. The summed E-state index contributed by atoms with van der Waals surface area (Å²) >= 11 is 0. The van der Waals surface area contributed by atoms with Gasteiger partial charge in [0.25, 0.3) is 0 Å². The summed E-state index contributed by atoms with van der Waals surface area (Å²) in [7, 11) is 0. The molecule has 0 fully saturated rings. The molecule has 0 radical (unpaired) electrons. The number of benzene rings is 9. The molecular weight excluding hydrogens is 705 g/mol. The van der Waals surface area contributed by atoms with Gasteiger partial charge in [0.2, 0.25) is 0 Å². The monoisotopic (exact) mass is 742 g/mol. The summed E-state index contributed by atoms with van der Waals surface area (Å²) in [5, 5.41) is 9.31. The van der Waals surface area contributed by atoms with Crippen molar-refractivity contribution < 1.29 is 5.48 Å². The summed E-state index contributed by atoms with van der Waals surface area (Å²) in [4.78, 5) is 4.50. The van der Waals surface area contributed by atoms with Gasteiger partial charge in [-0.1, -0.05) is 121 Å². The SMILES string of the molecule is [2H]c1ccc(N(c2ccc([2H])cc2)c2ccc3c4cc5c(cc4n4c6ccccc6c2c34)c2ccc(N(c3ccc([2H])cc3)c3ccc([2H])cc3)c3c4ccccc4n5c23)cc1. The van der Waals surface area contributed by atoms with Gasteiger partial charge in [-0.15, -0.1) is 0 Å². The van der Waals surface area contributed by atoms with E-state index >= 15 is 0 Å². The van der Waals surface area contributed by atoms with E-state index in [-0.39, 0.29) is 0 Å². The van der Waals surface area contributed by atoms with Crippen molar-refractivity contribution in [2.75, 3.05) is 9.80 Å². The first-order valence-electron chi connectivity index (χ1n) is 21.6. The standard InChI is InChI=1S/C54H34N4/c1-5-17-35(18-6-1)55(36-19-7-2-8-20-36)47-31-29-39-43-33-50-44(34-49(43)57-45-27-15-13-25-41(45)51(47)53(39)57)40-30-32-48(52-42-26-14-16-28-46(42)58(50)54(40)52)56(37-21-9-3-10-22-37)38-23-11-4-12-24-38/h1-34H/i1D,2D,3D,4D. The Morgan fingerprint density at radius 1 is 0.310 bits per heavy atom. The minimum Gasteiger partial charge on any atom is -0.310 e. The second kappa shape index (κ2) is 11.8. The van der Waals surface area contributed by atoms with E-state index in [1.54, 1.807) is 0 Å². The molecule has 270 valence electrons. The Kier molecular flexibility index (Phi) is 5.66. The molecule has 0 aliphatic carbocycles. The largest absolute Gasteiger partial charge is 0.310 e. The van der Waals surface area contributed by atoms with Gasteiger partial charge >= 0.3 is 0 Å². The van der Waals surface area contributed by atoms with E-state index in [0.717, 1.165) is 88.8 Å². The van der Waals surface area contributed by atoms with Gasteiger partial charge in [0.1, 0.15) is 0 Å². The topological polar surface area (TPSA) is 15.3 Å². The van der Waals surface area contributed by atoms with Crippen LogP contribution in [0.2, 0.25) is 0 Å². The lowest BCUT2D eigenvalue weighted by molar-refractivity contribution is 1.30.